The zero-order valence-electron chi connectivity index (χ0n) is 8.72. The molecule has 0 bridgehead atoms. The summed E-state index contributed by atoms with van der Waals surface area (Å²) >= 11 is 0. The highest BCUT2D eigenvalue weighted by Crippen LogP contribution is 2.30. The number of para-hydroxylation sites is 1. The molecule has 92 valence electrons. The second-order valence-electron chi connectivity index (χ2n) is 3.08. The van der Waals surface area contributed by atoms with Crippen molar-refractivity contribution in [2.24, 2.45) is 0 Å². The molecule has 0 aliphatic carbocycles. The summed E-state index contributed by atoms with van der Waals surface area (Å²) in [4.78, 5) is 0. The number of nitriles is 2. The van der Waals surface area contributed by atoms with E-state index in [1.807, 2.05) is 0 Å². The largest absolute Gasteiger partial charge is 0.433 e. The normalized spacial score (nSPS) is 10.1. The topological polar surface area (TPSA) is 59.6 Å². The molecule has 3 nitrogen and oxygen atoms in total. The van der Waals surface area contributed by atoms with Crippen LogP contribution in [0.4, 0.5) is 23.2 Å². The molecule has 0 spiro atoms. The Labute approximate surface area is 99.6 Å². The summed E-state index contributed by atoms with van der Waals surface area (Å²) in [5, 5.41) is 18.6. The lowest BCUT2D eigenvalue weighted by Gasteiger charge is -2.14. The molecule has 0 saturated carbocycles. The van der Waals surface area contributed by atoms with Crippen molar-refractivity contribution in [1.29, 1.82) is 10.5 Å². The van der Waals surface area contributed by atoms with Gasteiger partial charge in [-0.1, -0.05) is 12.1 Å². The van der Waals surface area contributed by atoms with E-state index in [9.17, 15) is 17.6 Å². The van der Waals surface area contributed by atoms with E-state index in [0.29, 0.717) is 0 Å². The Kier molecular flexibility index (Phi) is 3.90. The minimum absolute atomic E-state index is 0.465. The van der Waals surface area contributed by atoms with Crippen LogP contribution in [0, 0.1) is 28.5 Å². The molecule has 0 amide bonds. The van der Waals surface area contributed by atoms with Crippen molar-refractivity contribution in [2.75, 3.05) is 5.32 Å². The van der Waals surface area contributed by atoms with Crippen molar-refractivity contribution in [3.63, 3.8) is 0 Å². The SMILES string of the molecule is N#CC(C#N)=C(Nc1ccccc1F)C(F)(F)F. The number of benzene rings is 1. The van der Waals surface area contributed by atoms with Crippen molar-refractivity contribution in [2.45, 2.75) is 6.18 Å². The van der Waals surface area contributed by atoms with Crippen LogP contribution in [0.1, 0.15) is 0 Å². The average Bonchev–Trinajstić information content (AvgIpc) is 2.30. The Balaban J connectivity index is 3.27. The van der Waals surface area contributed by atoms with E-state index in [0.717, 1.165) is 24.3 Å². The Bertz CT molecular complexity index is 545. The van der Waals surface area contributed by atoms with Crippen LogP contribution in [0.3, 0.4) is 0 Å². The molecule has 1 aromatic rings. The summed E-state index contributed by atoms with van der Waals surface area (Å²) in [5.41, 5.74) is -3.21. The van der Waals surface area contributed by atoms with E-state index in [-0.39, 0.29) is 0 Å². The molecule has 0 heterocycles. The third kappa shape index (κ3) is 2.98. The molecule has 18 heavy (non-hydrogen) atoms. The first-order valence-corrected chi connectivity index (χ1v) is 4.53. The van der Waals surface area contributed by atoms with Crippen molar-refractivity contribution in [3.8, 4) is 12.1 Å². The van der Waals surface area contributed by atoms with Gasteiger partial charge in [0.1, 0.15) is 23.7 Å². The second-order valence-corrected chi connectivity index (χ2v) is 3.08. The van der Waals surface area contributed by atoms with Crippen molar-refractivity contribution >= 4 is 5.69 Å². The minimum atomic E-state index is -4.96. The molecule has 0 aromatic heterocycles. The van der Waals surface area contributed by atoms with Gasteiger partial charge >= 0.3 is 6.18 Å². The fraction of sp³-hybridized carbons (Fsp3) is 0.0909. The molecule has 0 unspecified atom stereocenters. The first-order valence-electron chi connectivity index (χ1n) is 4.53. The van der Waals surface area contributed by atoms with Crippen LogP contribution in [0.5, 0.6) is 0 Å². The maximum absolute atomic E-state index is 13.2. The number of nitrogens with zero attached hydrogens (tertiary/aromatic N) is 2. The molecule has 0 fully saturated rings. The van der Waals surface area contributed by atoms with E-state index >= 15 is 0 Å². The zero-order chi connectivity index (χ0) is 13.8. The molecular formula is C11H5F4N3. The molecule has 0 aliphatic heterocycles. The quantitative estimate of drug-likeness (QED) is 0.652. The van der Waals surface area contributed by atoms with Gasteiger partial charge in [-0.25, -0.2) is 4.39 Å². The summed E-state index contributed by atoms with van der Waals surface area (Å²) in [6, 6.07) is 6.86. The van der Waals surface area contributed by atoms with Gasteiger partial charge in [0.2, 0.25) is 0 Å². The van der Waals surface area contributed by atoms with Crippen molar-refractivity contribution in [1.82, 2.24) is 0 Å². The standard InChI is InChI=1S/C11H5F4N3/c12-8-3-1-2-4-9(8)18-10(11(13,14)15)7(5-16)6-17/h1-4,18H. The van der Waals surface area contributed by atoms with Crippen LogP contribution in [0.2, 0.25) is 0 Å². The van der Waals surface area contributed by atoms with E-state index in [1.54, 1.807) is 5.32 Å². The average molecular weight is 255 g/mol. The highest BCUT2D eigenvalue weighted by Gasteiger charge is 2.37. The summed E-state index contributed by atoms with van der Waals surface area (Å²) < 4.78 is 51.0. The van der Waals surface area contributed by atoms with Gasteiger partial charge in [0.15, 0.2) is 5.57 Å². The van der Waals surface area contributed by atoms with Crippen LogP contribution in [-0.4, -0.2) is 6.18 Å². The van der Waals surface area contributed by atoms with E-state index < -0.39 is 29.0 Å². The molecule has 1 aromatic carbocycles. The van der Waals surface area contributed by atoms with E-state index in [4.69, 9.17) is 10.5 Å². The molecule has 0 aliphatic rings. The van der Waals surface area contributed by atoms with Gasteiger partial charge in [-0.3, -0.25) is 0 Å². The van der Waals surface area contributed by atoms with Gasteiger partial charge in [0, 0.05) is 0 Å². The number of allylic oxidation sites excluding steroid dienone is 2. The number of alkyl halides is 3. The Morgan fingerprint density at radius 2 is 1.67 bits per heavy atom. The molecule has 0 atom stereocenters. The van der Waals surface area contributed by atoms with Crippen LogP contribution in [0.25, 0.3) is 0 Å². The summed E-state index contributed by atoms with van der Waals surface area (Å²) in [7, 11) is 0. The smallest absolute Gasteiger partial charge is 0.347 e. The maximum atomic E-state index is 13.2. The molecule has 7 heteroatoms. The predicted molar refractivity (Wildman–Crippen MR) is 54.3 cm³/mol. The summed E-state index contributed by atoms with van der Waals surface area (Å²) in [6.45, 7) is 0. The second kappa shape index (κ2) is 5.19. The first kappa shape index (κ1) is 13.5. The maximum Gasteiger partial charge on any atom is 0.433 e. The number of rotatable bonds is 2. The zero-order valence-corrected chi connectivity index (χ0v) is 8.72. The van der Waals surface area contributed by atoms with Gasteiger partial charge in [0.05, 0.1) is 5.69 Å². The minimum Gasteiger partial charge on any atom is -0.347 e. The summed E-state index contributed by atoms with van der Waals surface area (Å²) in [5.74, 6) is -0.922. The van der Waals surface area contributed by atoms with Gasteiger partial charge in [-0.2, -0.15) is 23.7 Å². The number of hydrogen-bond donors (Lipinski definition) is 1. The van der Waals surface area contributed by atoms with Crippen LogP contribution in [0.15, 0.2) is 35.5 Å². The molecule has 0 saturated heterocycles. The molecule has 0 radical (unpaired) electrons. The van der Waals surface area contributed by atoms with Gasteiger partial charge in [0.25, 0.3) is 0 Å². The van der Waals surface area contributed by atoms with Crippen LogP contribution in [-0.2, 0) is 0 Å². The number of halogens is 4. The van der Waals surface area contributed by atoms with Crippen molar-refractivity contribution < 1.29 is 17.6 Å². The van der Waals surface area contributed by atoms with Crippen molar-refractivity contribution in [3.05, 3.63) is 41.4 Å². The van der Waals surface area contributed by atoms with Gasteiger partial charge < -0.3 is 5.32 Å². The van der Waals surface area contributed by atoms with Crippen LogP contribution >= 0.6 is 0 Å². The molecule has 1 N–H and O–H groups in total. The Morgan fingerprint density at radius 3 is 2.11 bits per heavy atom. The number of nitrogens with one attached hydrogen (secondary N) is 1. The van der Waals surface area contributed by atoms with E-state index in [1.165, 1.54) is 12.1 Å². The lowest BCUT2D eigenvalue weighted by Crippen LogP contribution is -2.21. The first-order chi connectivity index (χ1) is 8.40. The predicted octanol–water partition coefficient (Wildman–Crippen LogP) is 3.10. The Morgan fingerprint density at radius 1 is 1.11 bits per heavy atom. The highest BCUT2D eigenvalue weighted by atomic mass is 19.4. The third-order valence-electron chi connectivity index (χ3n) is 1.89. The fourth-order valence-electron chi connectivity index (χ4n) is 1.11. The summed E-state index contributed by atoms with van der Waals surface area (Å²) in [6.07, 6.45) is -4.96. The molecular weight excluding hydrogens is 250 g/mol. The monoisotopic (exact) mass is 255 g/mol. The van der Waals surface area contributed by atoms with Crippen LogP contribution < -0.4 is 5.32 Å². The van der Waals surface area contributed by atoms with E-state index in [2.05, 4.69) is 0 Å². The van der Waals surface area contributed by atoms with Gasteiger partial charge in [-0.15, -0.1) is 0 Å². The third-order valence-corrected chi connectivity index (χ3v) is 1.89. The Hall–Kier alpha value is -2.54. The molecule has 1 rings (SSSR count). The fourth-order valence-corrected chi connectivity index (χ4v) is 1.11. The number of hydrogen-bond acceptors (Lipinski definition) is 3. The lowest BCUT2D eigenvalue weighted by atomic mass is 10.2. The number of anilines is 1. The lowest BCUT2D eigenvalue weighted by molar-refractivity contribution is -0.0906. The highest BCUT2D eigenvalue weighted by molar-refractivity contribution is 5.55. The van der Waals surface area contributed by atoms with Gasteiger partial charge in [-0.05, 0) is 12.1 Å².